The van der Waals surface area contributed by atoms with Crippen molar-refractivity contribution in [2.45, 2.75) is 0 Å². The van der Waals surface area contributed by atoms with Crippen molar-refractivity contribution >= 4 is 40.4 Å². The molecule has 0 aliphatic rings. The minimum atomic E-state index is 0.591. The molecule has 0 spiro atoms. The van der Waals surface area contributed by atoms with E-state index < -0.39 is 0 Å². The number of H-pyrrole nitrogens is 1. The maximum atomic E-state index is 6.45. The number of anilines is 1. The fourth-order valence-corrected chi connectivity index (χ4v) is 4.23. The predicted octanol–water partition coefficient (Wildman–Crippen LogP) is 5.61. The first-order chi connectivity index (χ1) is 12.7. The minimum absolute atomic E-state index is 0.591. The highest BCUT2D eigenvalue weighted by molar-refractivity contribution is 7.19. The van der Waals surface area contributed by atoms with Gasteiger partial charge in [-0.15, -0.1) is 11.3 Å². The van der Waals surface area contributed by atoms with Gasteiger partial charge >= 0.3 is 0 Å². The Morgan fingerprint density at radius 3 is 2.65 bits per heavy atom. The normalized spacial score (nSPS) is 10.9. The Balaban J connectivity index is 1.91. The molecule has 3 heterocycles. The summed E-state index contributed by atoms with van der Waals surface area (Å²) in [5, 5.41) is 4.22. The highest BCUT2D eigenvalue weighted by atomic mass is 35.5. The van der Waals surface area contributed by atoms with E-state index in [0.29, 0.717) is 10.0 Å². The highest BCUT2D eigenvalue weighted by Gasteiger charge is 2.18. The average Bonchev–Trinajstić information content (AvgIpc) is 3.31. The number of thiophene rings is 1. The van der Waals surface area contributed by atoms with Gasteiger partial charge in [-0.2, -0.15) is 0 Å². The van der Waals surface area contributed by atoms with Crippen molar-refractivity contribution in [1.29, 1.82) is 0 Å². The number of hydrogen-bond acceptors (Lipinski definition) is 5. The van der Waals surface area contributed by atoms with E-state index in [4.69, 9.17) is 23.2 Å². The first kappa shape index (κ1) is 17.0. The molecule has 0 saturated carbocycles. The van der Waals surface area contributed by atoms with Crippen molar-refractivity contribution in [3.63, 3.8) is 0 Å². The van der Waals surface area contributed by atoms with Gasteiger partial charge in [0.1, 0.15) is 18.0 Å². The summed E-state index contributed by atoms with van der Waals surface area (Å²) in [6.07, 6.45) is 5.07. The number of benzene rings is 1. The van der Waals surface area contributed by atoms with Gasteiger partial charge in [0, 0.05) is 46.7 Å². The summed E-state index contributed by atoms with van der Waals surface area (Å²) in [7, 11) is 1.83. The molecule has 0 unspecified atom stereocenters. The van der Waals surface area contributed by atoms with Gasteiger partial charge in [-0.05, 0) is 18.2 Å². The number of aromatic amines is 1. The van der Waals surface area contributed by atoms with E-state index in [1.807, 2.05) is 25.2 Å². The predicted molar refractivity (Wildman–Crippen MR) is 108 cm³/mol. The zero-order chi connectivity index (χ0) is 18.1. The molecule has 0 saturated heterocycles. The van der Waals surface area contributed by atoms with Gasteiger partial charge in [0.15, 0.2) is 0 Å². The number of aromatic nitrogens is 4. The Hall–Kier alpha value is -2.41. The number of nitrogens with one attached hydrogen (secondary N) is 2. The number of hydrogen-bond donors (Lipinski definition) is 2. The molecule has 4 aromatic rings. The molecule has 2 N–H and O–H groups in total. The Bertz CT molecular complexity index is 1060. The molecular formula is C18H13Cl2N5S. The number of nitrogens with zero attached hydrogens (tertiary/aromatic N) is 3. The van der Waals surface area contributed by atoms with Gasteiger partial charge in [-0.1, -0.05) is 29.3 Å². The molecule has 0 aliphatic heterocycles. The van der Waals surface area contributed by atoms with Crippen LogP contribution in [-0.4, -0.2) is 27.0 Å². The van der Waals surface area contributed by atoms with Crippen molar-refractivity contribution in [2.75, 3.05) is 12.4 Å². The summed E-state index contributed by atoms with van der Waals surface area (Å²) in [5.41, 5.74) is 2.71. The molecule has 3 aromatic heterocycles. The van der Waals surface area contributed by atoms with Crippen LogP contribution in [0.2, 0.25) is 10.0 Å². The number of halogens is 2. The topological polar surface area (TPSA) is 66.5 Å². The smallest absolute Gasteiger partial charge is 0.148 e. The van der Waals surface area contributed by atoms with E-state index in [-0.39, 0.29) is 0 Å². The first-order valence-corrected chi connectivity index (χ1v) is 9.32. The Labute approximate surface area is 164 Å². The highest BCUT2D eigenvalue weighted by Crippen LogP contribution is 2.44. The summed E-state index contributed by atoms with van der Waals surface area (Å²) < 4.78 is 0. The lowest BCUT2D eigenvalue weighted by atomic mass is 10.1. The average molecular weight is 402 g/mol. The summed E-state index contributed by atoms with van der Waals surface area (Å²) in [5.74, 6) is 1.54. The second-order valence-electron chi connectivity index (χ2n) is 5.45. The van der Waals surface area contributed by atoms with Crippen LogP contribution in [0.5, 0.6) is 0 Å². The Kier molecular flexibility index (Phi) is 4.63. The molecular weight excluding hydrogens is 389 g/mol. The molecule has 8 heteroatoms. The summed E-state index contributed by atoms with van der Waals surface area (Å²) in [6.45, 7) is 0. The van der Waals surface area contributed by atoms with Crippen molar-refractivity contribution in [3.05, 3.63) is 59.1 Å². The van der Waals surface area contributed by atoms with Gasteiger partial charge in [-0.3, -0.25) is 0 Å². The van der Waals surface area contributed by atoms with Gasteiger partial charge in [0.2, 0.25) is 0 Å². The van der Waals surface area contributed by atoms with Gasteiger partial charge in [-0.25, -0.2) is 15.0 Å². The zero-order valence-corrected chi connectivity index (χ0v) is 16.0. The Morgan fingerprint density at radius 1 is 1.04 bits per heavy atom. The number of imidazole rings is 1. The van der Waals surface area contributed by atoms with E-state index >= 15 is 0 Å². The summed E-state index contributed by atoms with van der Waals surface area (Å²) in [6, 6.07) is 9.47. The lowest BCUT2D eigenvalue weighted by Gasteiger charge is -2.05. The van der Waals surface area contributed by atoms with E-state index in [1.54, 1.807) is 36.1 Å². The molecule has 130 valence electrons. The SMILES string of the molecule is CNc1cc(-c2cc(-c3ccc(Cl)cc3Cl)c(-c3ncc[nH]3)s2)ncn1. The molecule has 26 heavy (non-hydrogen) atoms. The molecule has 0 fully saturated rings. The van der Waals surface area contributed by atoms with Gasteiger partial charge in [0.05, 0.1) is 15.4 Å². The monoisotopic (exact) mass is 401 g/mol. The lowest BCUT2D eigenvalue weighted by molar-refractivity contribution is 1.17. The third-order valence-electron chi connectivity index (χ3n) is 3.84. The maximum absolute atomic E-state index is 6.45. The van der Waals surface area contributed by atoms with E-state index in [1.165, 1.54) is 0 Å². The van der Waals surface area contributed by atoms with Crippen molar-refractivity contribution in [2.24, 2.45) is 0 Å². The molecule has 0 amide bonds. The molecule has 0 radical (unpaired) electrons. The van der Waals surface area contributed by atoms with E-state index in [9.17, 15) is 0 Å². The number of rotatable bonds is 4. The lowest BCUT2D eigenvalue weighted by Crippen LogP contribution is -1.93. The van der Waals surface area contributed by atoms with Gasteiger partial charge < -0.3 is 10.3 Å². The fourth-order valence-electron chi connectivity index (χ4n) is 2.62. The van der Waals surface area contributed by atoms with Crippen LogP contribution in [0.3, 0.4) is 0 Å². The van der Waals surface area contributed by atoms with Gasteiger partial charge in [0.25, 0.3) is 0 Å². The second kappa shape index (κ2) is 7.07. The quantitative estimate of drug-likeness (QED) is 0.466. The molecule has 0 bridgehead atoms. The molecule has 5 nitrogen and oxygen atoms in total. The van der Waals surface area contributed by atoms with E-state index in [2.05, 4.69) is 31.3 Å². The van der Waals surface area contributed by atoms with Crippen molar-refractivity contribution in [3.8, 4) is 32.4 Å². The van der Waals surface area contributed by atoms with Crippen LogP contribution in [-0.2, 0) is 0 Å². The third kappa shape index (κ3) is 3.19. The molecule has 4 rings (SSSR count). The molecule has 1 aromatic carbocycles. The molecule has 0 aliphatic carbocycles. The standard InChI is InChI=1S/C18H13Cl2N5S/c1-21-16-8-14(24-9-25-16)15-7-12(11-3-2-10(19)6-13(11)20)17(26-15)18-22-4-5-23-18/h2-9H,1H3,(H,22,23)(H,21,24,25). The summed E-state index contributed by atoms with van der Waals surface area (Å²) in [4.78, 5) is 18.1. The van der Waals surface area contributed by atoms with Crippen LogP contribution < -0.4 is 5.32 Å². The minimum Gasteiger partial charge on any atom is -0.373 e. The van der Waals surface area contributed by atoms with Crippen LogP contribution in [0.1, 0.15) is 0 Å². The second-order valence-corrected chi connectivity index (χ2v) is 7.35. The Morgan fingerprint density at radius 2 is 1.92 bits per heavy atom. The van der Waals surface area contributed by atoms with Crippen molar-refractivity contribution in [1.82, 2.24) is 19.9 Å². The van der Waals surface area contributed by atoms with E-state index in [0.717, 1.165) is 38.2 Å². The molecule has 0 atom stereocenters. The van der Waals surface area contributed by atoms with Crippen LogP contribution in [0, 0.1) is 0 Å². The largest absolute Gasteiger partial charge is 0.373 e. The van der Waals surface area contributed by atoms with Crippen LogP contribution in [0.4, 0.5) is 5.82 Å². The fraction of sp³-hybridized carbons (Fsp3) is 0.0556. The van der Waals surface area contributed by atoms with Crippen LogP contribution >= 0.6 is 34.5 Å². The zero-order valence-electron chi connectivity index (χ0n) is 13.6. The van der Waals surface area contributed by atoms with Crippen LogP contribution in [0.15, 0.2) is 49.1 Å². The summed E-state index contributed by atoms with van der Waals surface area (Å²) >= 11 is 14.1. The third-order valence-corrected chi connectivity index (χ3v) is 5.55. The first-order valence-electron chi connectivity index (χ1n) is 7.75. The van der Waals surface area contributed by atoms with Crippen LogP contribution in [0.25, 0.3) is 32.4 Å². The van der Waals surface area contributed by atoms with Crippen molar-refractivity contribution < 1.29 is 0 Å². The maximum Gasteiger partial charge on any atom is 0.148 e.